The number of carboxylic acid groups (broad SMARTS) is 1. The van der Waals surface area contributed by atoms with Gasteiger partial charge in [-0.1, -0.05) is 6.07 Å². The van der Waals surface area contributed by atoms with E-state index < -0.39 is 5.97 Å². The van der Waals surface area contributed by atoms with Crippen molar-refractivity contribution in [3.63, 3.8) is 0 Å². The largest absolute Gasteiger partial charge is 0.481 e. The number of carbonyl (C=O) groups is 2. The molecular weight excluding hydrogens is 364 g/mol. The van der Waals surface area contributed by atoms with Crippen LogP contribution in [0.15, 0.2) is 23.6 Å². The Bertz CT molecular complexity index is 1030. The second kappa shape index (κ2) is 6.77. The molecule has 1 amide bonds. The molecule has 0 aliphatic heterocycles. The zero-order valence-electron chi connectivity index (χ0n) is 15.1. The number of nitrogens with zero attached hydrogens (tertiary/aromatic N) is 3. The maximum atomic E-state index is 13.1. The van der Waals surface area contributed by atoms with E-state index >= 15 is 0 Å². The number of thiophene rings is 1. The molecule has 140 valence electrons. The van der Waals surface area contributed by atoms with E-state index in [-0.39, 0.29) is 17.9 Å². The Kier molecular flexibility index (Phi) is 4.43. The first-order valence-electron chi connectivity index (χ1n) is 8.86. The van der Waals surface area contributed by atoms with Crippen molar-refractivity contribution in [1.29, 1.82) is 0 Å². The third-order valence-corrected chi connectivity index (χ3v) is 6.00. The predicted molar refractivity (Wildman–Crippen MR) is 103 cm³/mol. The van der Waals surface area contributed by atoms with E-state index in [9.17, 15) is 14.7 Å². The van der Waals surface area contributed by atoms with Crippen molar-refractivity contribution in [2.24, 2.45) is 13.0 Å². The summed E-state index contributed by atoms with van der Waals surface area (Å²) in [7, 11) is 1.82. The second-order valence-electron chi connectivity index (χ2n) is 6.96. The summed E-state index contributed by atoms with van der Waals surface area (Å²) in [6.07, 6.45) is 1.75. The number of amides is 1. The molecule has 3 aromatic heterocycles. The van der Waals surface area contributed by atoms with Crippen molar-refractivity contribution in [2.75, 3.05) is 0 Å². The third kappa shape index (κ3) is 3.21. The van der Waals surface area contributed by atoms with Gasteiger partial charge in [0.2, 0.25) is 0 Å². The highest BCUT2D eigenvalue weighted by molar-refractivity contribution is 7.13. The van der Waals surface area contributed by atoms with Crippen molar-refractivity contribution in [3.8, 4) is 10.6 Å². The van der Waals surface area contributed by atoms with E-state index in [0.717, 1.165) is 21.7 Å². The number of aliphatic carboxylic acids is 1. The van der Waals surface area contributed by atoms with E-state index in [1.54, 1.807) is 16.0 Å². The molecule has 0 radical (unpaired) electrons. The van der Waals surface area contributed by atoms with E-state index in [1.807, 2.05) is 37.6 Å². The Balaban J connectivity index is 1.71. The minimum atomic E-state index is -0.791. The zero-order valence-corrected chi connectivity index (χ0v) is 15.9. The second-order valence-corrected chi connectivity index (χ2v) is 7.91. The Labute approximate surface area is 160 Å². The summed E-state index contributed by atoms with van der Waals surface area (Å²) < 4.78 is 1.69. The number of nitrogens with one attached hydrogen (secondary N) is 1. The van der Waals surface area contributed by atoms with Gasteiger partial charge in [-0.3, -0.25) is 14.3 Å². The van der Waals surface area contributed by atoms with Gasteiger partial charge in [0.05, 0.1) is 33.1 Å². The van der Waals surface area contributed by atoms with Gasteiger partial charge in [-0.15, -0.1) is 11.3 Å². The molecule has 3 heterocycles. The molecule has 27 heavy (non-hydrogen) atoms. The Hall–Kier alpha value is -2.74. The first-order valence-corrected chi connectivity index (χ1v) is 9.74. The van der Waals surface area contributed by atoms with Crippen LogP contribution in [0.2, 0.25) is 0 Å². The number of rotatable bonds is 4. The summed E-state index contributed by atoms with van der Waals surface area (Å²) in [5.74, 6) is -1.37. The lowest BCUT2D eigenvalue weighted by molar-refractivity contribution is -0.141. The topological polar surface area (TPSA) is 97.1 Å². The minimum absolute atomic E-state index is 0.121. The quantitative estimate of drug-likeness (QED) is 0.721. The van der Waals surface area contributed by atoms with Crippen LogP contribution in [0.25, 0.3) is 21.6 Å². The zero-order chi connectivity index (χ0) is 19.1. The van der Waals surface area contributed by atoms with Crippen LogP contribution in [0.3, 0.4) is 0 Å². The first-order chi connectivity index (χ1) is 12.9. The average molecular weight is 384 g/mol. The van der Waals surface area contributed by atoms with Crippen LogP contribution in [-0.2, 0) is 11.8 Å². The molecule has 8 heteroatoms. The van der Waals surface area contributed by atoms with Crippen LogP contribution >= 0.6 is 11.3 Å². The normalized spacial score (nSPS) is 19.5. The number of fused-ring (bicyclic) bond motifs is 1. The van der Waals surface area contributed by atoms with Crippen LogP contribution < -0.4 is 5.32 Å². The predicted octanol–water partition coefficient (Wildman–Crippen LogP) is 2.99. The maximum absolute atomic E-state index is 13.1. The van der Waals surface area contributed by atoms with Gasteiger partial charge in [0.25, 0.3) is 5.91 Å². The van der Waals surface area contributed by atoms with Gasteiger partial charge < -0.3 is 10.4 Å². The molecule has 0 bridgehead atoms. The van der Waals surface area contributed by atoms with Gasteiger partial charge in [-0.2, -0.15) is 5.10 Å². The van der Waals surface area contributed by atoms with E-state index in [1.165, 1.54) is 0 Å². The molecule has 0 aromatic carbocycles. The Morgan fingerprint density at radius 1 is 1.37 bits per heavy atom. The number of hydrogen-bond donors (Lipinski definition) is 2. The van der Waals surface area contributed by atoms with Gasteiger partial charge in [0, 0.05) is 13.1 Å². The molecular formula is C19H20N4O3S. The highest BCUT2D eigenvalue weighted by Crippen LogP contribution is 2.30. The van der Waals surface area contributed by atoms with E-state index in [4.69, 9.17) is 4.98 Å². The molecule has 1 aliphatic carbocycles. The number of carbonyl (C=O) groups excluding carboxylic acids is 1. The molecule has 1 aliphatic rings. The van der Waals surface area contributed by atoms with E-state index in [2.05, 4.69) is 10.4 Å². The molecule has 3 aromatic rings. The van der Waals surface area contributed by atoms with Crippen molar-refractivity contribution < 1.29 is 14.7 Å². The van der Waals surface area contributed by atoms with Crippen LogP contribution in [0, 0.1) is 12.8 Å². The molecule has 7 nitrogen and oxygen atoms in total. The average Bonchev–Trinajstić information content (AvgIpc) is 3.36. The van der Waals surface area contributed by atoms with Crippen molar-refractivity contribution >= 4 is 34.2 Å². The van der Waals surface area contributed by atoms with Crippen LogP contribution in [0.5, 0.6) is 0 Å². The van der Waals surface area contributed by atoms with Gasteiger partial charge in [-0.25, -0.2) is 4.98 Å². The molecule has 2 N–H and O–H groups in total. The number of pyridine rings is 1. The fourth-order valence-electron chi connectivity index (χ4n) is 3.77. The summed E-state index contributed by atoms with van der Waals surface area (Å²) in [5.41, 5.74) is 2.68. The molecule has 2 atom stereocenters. The van der Waals surface area contributed by atoms with E-state index in [0.29, 0.717) is 30.5 Å². The first kappa shape index (κ1) is 17.7. The van der Waals surface area contributed by atoms with Crippen molar-refractivity contribution in [3.05, 3.63) is 34.8 Å². The third-order valence-electron chi connectivity index (χ3n) is 5.10. The van der Waals surface area contributed by atoms with Gasteiger partial charge >= 0.3 is 5.97 Å². The molecule has 1 saturated carbocycles. The van der Waals surface area contributed by atoms with Gasteiger partial charge in [-0.05, 0) is 43.7 Å². The fourth-order valence-corrected chi connectivity index (χ4v) is 4.46. The smallest absolute Gasteiger partial charge is 0.306 e. The van der Waals surface area contributed by atoms with Crippen molar-refractivity contribution in [1.82, 2.24) is 20.1 Å². The number of hydrogen-bond acceptors (Lipinski definition) is 5. The molecule has 0 spiro atoms. The molecule has 0 saturated heterocycles. The number of aromatic nitrogens is 3. The lowest BCUT2D eigenvalue weighted by atomic mass is 10.1. The lowest BCUT2D eigenvalue weighted by Crippen LogP contribution is -2.33. The summed E-state index contributed by atoms with van der Waals surface area (Å²) in [5, 5.41) is 19.3. The number of carboxylic acids is 1. The fraction of sp³-hybridized carbons (Fsp3) is 0.368. The standard InChI is InChI=1S/C19H20N4O3S/c1-10-16-13(18(24)20-12-6-5-11(8-12)19(25)26)9-14(15-4-3-7-27-15)21-17(16)23(2)22-10/h3-4,7,9,11-12H,5-6,8H2,1-2H3,(H,20,24)(H,25,26)/t11-,12+/m0/s1. The van der Waals surface area contributed by atoms with Crippen LogP contribution in [0.4, 0.5) is 0 Å². The van der Waals surface area contributed by atoms with Crippen molar-refractivity contribution in [2.45, 2.75) is 32.2 Å². The SMILES string of the molecule is Cc1nn(C)c2nc(-c3cccs3)cc(C(=O)N[C@@H]3CC[C@H](C(=O)O)C3)c12. The highest BCUT2D eigenvalue weighted by atomic mass is 32.1. The molecule has 4 rings (SSSR count). The maximum Gasteiger partial charge on any atom is 0.306 e. The molecule has 0 unspecified atom stereocenters. The highest BCUT2D eigenvalue weighted by Gasteiger charge is 2.31. The summed E-state index contributed by atoms with van der Waals surface area (Å²) in [4.78, 5) is 29.9. The van der Waals surface area contributed by atoms with Gasteiger partial charge in [0.1, 0.15) is 0 Å². The number of aryl methyl sites for hydroxylation is 2. The monoisotopic (exact) mass is 384 g/mol. The molecule has 1 fully saturated rings. The van der Waals surface area contributed by atoms with Crippen LogP contribution in [-0.4, -0.2) is 37.8 Å². The minimum Gasteiger partial charge on any atom is -0.481 e. The van der Waals surface area contributed by atoms with Gasteiger partial charge in [0.15, 0.2) is 5.65 Å². The van der Waals surface area contributed by atoms with Crippen LogP contribution in [0.1, 0.15) is 35.3 Å². The Morgan fingerprint density at radius 2 is 2.19 bits per heavy atom. The summed E-state index contributed by atoms with van der Waals surface area (Å²) in [6.45, 7) is 1.86. The summed E-state index contributed by atoms with van der Waals surface area (Å²) in [6, 6.07) is 5.61. The summed E-state index contributed by atoms with van der Waals surface area (Å²) >= 11 is 1.56. The lowest BCUT2D eigenvalue weighted by Gasteiger charge is -2.14. The Morgan fingerprint density at radius 3 is 2.85 bits per heavy atom.